The van der Waals surface area contributed by atoms with Gasteiger partial charge in [0.15, 0.2) is 0 Å². The highest BCUT2D eigenvalue weighted by atomic mass is 16.5. The molecule has 1 spiro atoms. The number of benzene rings is 1. The Labute approximate surface area is 161 Å². The number of aryl methyl sites for hydroxylation is 1. The first kappa shape index (κ1) is 19.8. The minimum atomic E-state index is -0.400. The molecule has 27 heavy (non-hydrogen) atoms. The van der Waals surface area contributed by atoms with Gasteiger partial charge in [-0.3, -0.25) is 9.59 Å². The lowest BCUT2D eigenvalue weighted by Gasteiger charge is -2.40. The largest absolute Gasteiger partial charge is 0.385 e. The molecular formula is C21H30N2O4. The summed E-state index contributed by atoms with van der Waals surface area (Å²) in [6.45, 7) is 5.46. The van der Waals surface area contributed by atoms with E-state index in [1.54, 1.807) is 7.11 Å². The Bertz CT molecular complexity index is 670. The molecule has 0 aromatic heterocycles. The number of carbonyl (C=O) groups is 2. The standard InChI is InChI=1S/C21H30N2O4/c1-17-6-3-4-7-18(17)14-20(25)22-11-8-19(24)23(10-5-12-26-2)21(15-22)9-13-27-16-21/h3-4,6-7H,5,8-16H2,1-2H3. The zero-order chi connectivity index (χ0) is 19.3. The van der Waals surface area contributed by atoms with Gasteiger partial charge in [-0.05, 0) is 30.9 Å². The fraction of sp³-hybridized carbons (Fsp3) is 0.619. The van der Waals surface area contributed by atoms with Crippen molar-refractivity contribution in [1.82, 2.24) is 9.80 Å². The predicted octanol–water partition coefficient (Wildman–Crippen LogP) is 1.79. The van der Waals surface area contributed by atoms with E-state index in [1.165, 1.54) is 0 Å². The van der Waals surface area contributed by atoms with Crippen LogP contribution in [0.2, 0.25) is 0 Å². The van der Waals surface area contributed by atoms with Crippen LogP contribution >= 0.6 is 0 Å². The van der Waals surface area contributed by atoms with Crippen LogP contribution in [0.4, 0.5) is 0 Å². The molecular weight excluding hydrogens is 344 g/mol. The van der Waals surface area contributed by atoms with Crippen LogP contribution in [0.5, 0.6) is 0 Å². The fourth-order valence-electron chi connectivity index (χ4n) is 4.11. The van der Waals surface area contributed by atoms with Crippen LogP contribution in [-0.2, 0) is 25.5 Å². The molecule has 0 saturated carbocycles. The summed E-state index contributed by atoms with van der Waals surface area (Å²) in [6, 6.07) is 7.97. The second-order valence-corrected chi connectivity index (χ2v) is 7.59. The third-order valence-corrected chi connectivity index (χ3v) is 5.72. The number of methoxy groups -OCH3 is 1. The molecule has 1 aromatic rings. The van der Waals surface area contributed by atoms with Gasteiger partial charge in [-0.15, -0.1) is 0 Å². The van der Waals surface area contributed by atoms with E-state index in [1.807, 2.05) is 41.0 Å². The van der Waals surface area contributed by atoms with Gasteiger partial charge in [0.25, 0.3) is 0 Å². The second-order valence-electron chi connectivity index (χ2n) is 7.59. The fourth-order valence-corrected chi connectivity index (χ4v) is 4.11. The van der Waals surface area contributed by atoms with Crippen molar-refractivity contribution in [2.45, 2.75) is 38.1 Å². The minimum absolute atomic E-state index is 0.0853. The van der Waals surface area contributed by atoms with Crippen molar-refractivity contribution in [1.29, 1.82) is 0 Å². The van der Waals surface area contributed by atoms with Gasteiger partial charge in [0, 0.05) is 46.4 Å². The van der Waals surface area contributed by atoms with E-state index in [2.05, 4.69) is 0 Å². The number of amides is 2. The first-order chi connectivity index (χ1) is 13.1. The van der Waals surface area contributed by atoms with Crippen molar-refractivity contribution < 1.29 is 19.1 Å². The molecule has 0 radical (unpaired) electrons. The predicted molar refractivity (Wildman–Crippen MR) is 102 cm³/mol. The third kappa shape index (κ3) is 4.50. The Balaban J connectivity index is 1.75. The van der Waals surface area contributed by atoms with Crippen LogP contribution in [0.1, 0.15) is 30.4 Å². The van der Waals surface area contributed by atoms with Crippen molar-refractivity contribution >= 4 is 11.8 Å². The van der Waals surface area contributed by atoms with Crippen molar-refractivity contribution in [3.63, 3.8) is 0 Å². The quantitative estimate of drug-likeness (QED) is 0.713. The smallest absolute Gasteiger partial charge is 0.227 e. The lowest BCUT2D eigenvalue weighted by Crippen LogP contribution is -2.57. The third-order valence-electron chi connectivity index (χ3n) is 5.72. The molecule has 148 valence electrons. The molecule has 6 heteroatoms. The van der Waals surface area contributed by atoms with Gasteiger partial charge in [0.1, 0.15) is 0 Å². The van der Waals surface area contributed by atoms with Crippen LogP contribution in [-0.4, -0.2) is 73.7 Å². The number of nitrogens with zero attached hydrogens (tertiary/aromatic N) is 2. The van der Waals surface area contributed by atoms with Crippen molar-refractivity contribution in [2.24, 2.45) is 0 Å². The van der Waals surface area contributed by atoms with Crippen molar-refractivity contribution in [2.75, 3.05) is 46.6 Å². The van der Waals surface area contributed by atoms with Crippen molar-refractivity contribution in [3.05, 3.63) is 35.4 Å². The first-order valence-electron chi connectivity index (χ1n) is 9.75. The van der Waals surface area contributed by atoms with Crippen LogP contribution in [0.15, 0.2) is 24.3 Å². The molecule has 2 fully saturated rings. The highest BCUT2D eigenvalue weighted by molar-refractivity contribution is 5.82. The van der Waals surface area contributed by atoms with Gasteiger partial charge in [-0.2, -0.15) is 0 Å². The van der Waals surface area contributed by atoms with Gasteiger partial charge in [0.2, 0.25) is 11.8 Å². The normalized spacial score (nSPS) is 23.1. The molecule has 2 amide bonds. The highest BCUT2D eigenvalue weighted by Gasteiger charge is 2.46. The molecule has 1 aromatic carbocycles. The maximum absolute atomic E-state index is 13.0. The molecule has 2 aliphatic rings. The summed E-state index contributed by atoms with van der Waals surface area (Å²) >= 11 is 0. The summed E-state index contributed by atoms with van der Waals surface area (Å²) in [5.74, 6) is 0.199. The monoisotopic (exact) mass is 374 g/mol. The average molecular weight is 374 g/mol. The molecule has 6 nitrogen and oxygen atoms in total. The molecule has 2 aliphatic heterocycles. The van der Waals surface area contributed by atoms with Gasteiger partial charge < -0.3 is 19.3 Å². The Kier molecular flexibility index (Phi) is 6.50. The highest BCUT2D eigenvalue weighted by Crippen LogP contribution is 2.31. The average Bonchev–Trinajstić information content (AvgIpc) is 3.07. The van der Waals surface area contributed by atoms with Crippen molar-refractivity contribution in [3.8, 4) is 0 Å². The van der Waals surface area contributed by atoms with Gasteiger partial charge in [0.05, 0.1) is 18.6 Å². The summed E-state index contributed by atoms with van der Waals surface area (Å²) in [5.41, 5.74) is 1.77. The Morgan fingerprint density at radius 3 is 2.85 bits per heavy atom. The maximum atomic E-state index is 13.0. The maximum Gasteiger partial charge on any atom is 0.227 e. The molecule has 0 N–H and O–H groups in total. The Morgan fingerprint density at radius 1 is 1.33 bits per heavy atom. The lowest BCUT2D eigenvalue weighted by atomic mass is 9.94. The zero-order valence-corrected chi connectivity index (χ0v) is 16.4. The van der Waals surface area contributed by atoms with Crippen LogP contribution in [0.3, 0.4) is 0 Å². The van der Waals surface area contributed by atoms with Crippen LogP contribution in [0.25, 0.3) is 0 Å². The molecule has 0 aliphatic carbocycles. The van der Waals surface area contributed by atoms with E-state index in [0.717, 1.165) is 24.0 Å². The van der Waals surface area contributed by atoms with E-state index in [0.29, 0.717) is 52.3 Å². The van der Waals surface area contributed by atoms with Crippen LogP contribution in [0, 0.1) is 6.92 Å². The SMILES string of the molecule is COCCCN1C(=O)CCN(C(=O)Cc2ccccc2C)CC12CCOC2. The topological polar surface area (TPSA) is 59.1 Å². The summed E-state index contributed by atoms with van der Waals surface area (Å²) in [7, 11) is 1.67. The first-order valence-corrected chi connectivity index (χ1v) is 9.75. The van der Waals surface area contributed by atoms with E-state index in [9.17, 15) is 9.59 Å². The zero-order valence-electron chi connectivity index (χ0n) is 16.4. The van der Waals surface area contributed by atoms with E-state index in [4.69, 9.17) is 9.47 Å². The Morgan fingerprint density at radius 2 is 2.15 bits per heavy atom. The van der Waals surface area contributed by atoms with E-state index >= 15 is 0 Å². The summed E-state index contributed by atoms with van der Waals surface area (Å²) in [5, 5.41) is 0. The number of hydrogen-bond acceptors (Lipinski definition) is 4. The molecule has 3 rings (SSSR count). The number of carbonyl (C=O) groups excluding carboxylic acids is 2. The lowest BCUT2D eigenvalue weighted by molar-refractivity contribution is -0.137. The van der Waals surface area contributed by atoms with Gasteiger partial charge in [-0.25, -0.2) is 0 Å². The van der Waals surface area contributed by atoms with Gasteiger partial charge >= 0.3 is 0 Å². The molecule has 1 atom stereocenters. The van der Waals surface area contributed by atoms with Gasteiger partial charge in [-0.1, -0.05) is 24.3 Å². The number of ether oxygens (including phenoxy) is 2. The summed E-state index contributed by atoms with van der Waals surface area (Å²) < 4.78 is 10.8. The minimum Gasteiger partial charge on any atom is -0.385 e. The van der Waals surface area contributed by atoms with Crippen LogP contribution < -0.4 is 0 Å². The molecule has 2 saturated heterocycles. The molecule has 0 bridgehead atoms. The summed E-state index contributed by atoms with van der Waals surface area (Å²) in [4.78, 5) is 29.7. The molecule has 2 heterocycles. The number of rotatable bonds is 6. The number of hydrogen-bond donors (Lipinski definition) is 0. The second kappa shape index (κ2) is 8.85. The molecule has 1 unspecified atom stereocenters. The summed E-state index contributed by atoms with van der Waals surface area (Å²) in [6.07, 6.45) is 2.32. The van der Waals surface area contributed by atoms with E-state index < -0.39 is 5.54 Å². The van der Waals surface area contributed by atoms with E-state index in [-0.39, 0.29) is 11.8 Å². The Hall–Kier alpha value is -1.92.